The standard InChI is InChI=1S/C6H2BrClN2S/c7-3-1-2-4-6(5(3)8)11-10-9-4/h1-2H. The monoisotopic (exact) mass is 248 g/mol. The topological polar surface area (TPSA) is 25.8 Å². The van der Waals surface area contributed by atoms with Crippen molar-refractivity contribution in [1.82, 2.24) is 9.59 Å². The Morgan fingerprint density at radius 1 is 1.45 bits per heavy atom. The maximum atomic E-state index is 5.95. The molecule has 0 fully saturated rings. The Labute approximate surface area is 80.5 Å². The minimum atomic E-state index is 0.692. The molecule has 1 heterocycles. The summed E-state index contributed by atoms with van der Waals surface area (Å²) in [6, 6.07) is 3.75. The number of halogens is 2. The minimum Gasteiger partial charge on any atom is -0.138 e. The summed E-state index contributed by atoms with van der Waals surface area (Å²) in [5.74, 6) is 0. The Bertz CT molecular complexity index is 400. The molecule has 1 aromatic carbocycles. The van der Waals surface area contributed by atoms with Crippen LogP contribution in [-0.4, -0.2) is 9.59 Å². The van der Waals surface area contributed by atoms with E-state index < -0.39 is 0 Å². The SMILES string of the molecule is Clc1c(Br)ccc2nnsc12. The maximum absolute atomic E-state index is 5.95. The summed E-state index contributed by atoms with van der Waals surface area (Å²) in [7, 11) is 0. The summed E-state index contributed by atoms with van der Waals surface area (Å²) < 4.78 is 5.61. The molecule has 1 aromatic heterocycles. The van der Waals surface area contributed by atoms with Crippen molar-refractivity contribution in [3.63, 3.8) is 0 Å². The Morgan fingerprint density at radius 2 is 2.27 bits per heavy atom. The number of benzene rings is 1. The Morgan fingerprint density at radius 3 is 3.09 bits per heavy atom. The summed E-state index contributed by atoms with van der Waals surface area (Å²) in [6.07, 6.45) is 0. The zero-order valence-corrected chi connectivity index (χ0v) is 8.37. The molecule has 2 aromatic rings. The molecule has 0 saturated heterocycles. The van der Waals surface area contributed by atoms with Crippen LogP contribution in [0.3, 0.4) is 0 Å². The predicted octanol–water partition coefficient (Wildman–Crippen LogP) is 3.11. The van der Waals surface area contributed by atoms with E-state index >= 15 is 0 Å². The summed E-state index contributed by atoms with van der Waals surface area (Å²) in [5, 5.41) is 4.58. The van der Waals surface area contributed by atoms with Crippen molar-refractivity contribution in [3.8, 4) is 0 Å². The third kappa shape index (κ3) is 1.15. The zero-order chi connectivity index (χ0) is 7.84. The number of hydrogen-bond acceptors (Lipinski definition) is 3. The first kappa shape index (κ1) is 7.46. The van der Waals surface area contributed by atoms with Crippen LogP contribution >= 0.6 is 39.1 Å². The molecular formula is C6H2BrClN2S. The molecule has 0 radical (unpaired) electrons. The van der Waals surface area contributed by atoms with Crippen LogP contribution in [0.15, 0.2) is 16.6 Å². The van der Waals surface area contributed by atoms with Crippen LogP contribution in [0.25, 0.3) is 10.2 Å². The second-order valence-corrected chi connectivity index (χ2v) is 3.97. The summed E-state index contributed by atoms with van der Waals surface area (Å²) in [6.45, 7) is 0. The van der Waals surface area contributed by atoms with Gasteiger partial charge < -0.3 is 0 Å². The van der Waals surface area contributed by atoms with Gasteiger partial charge in [0.1, 0.15) is 5.52 Å². The van der Waals surface area contributed by atoms with E-state index in [0.717, 1.165) is 14.7 Å². The summed E-state index contributed by atoms with van der Waals surface area (Å²) in [4.78, 5) is 0. The molecule has 0 saturated carbocycles. The van der Waals surface area contributed by atoms with Gasteiger partial charge in [-0.1, -0.05) is 16.1 Å². The summed E-state index contributed by atoms with van der Waals surface area (Å²) in [5.41, 5.74) is 0.850. The number of fused-ring (bicyclic) bond motifs is 1. The van der Waals surface area contributed by atoms with E-state index in [0.29, 0.717) is 5.02 Å². The highest BCUT2D eigenvalue weighted by Crippen LogP contribution is 2.31. The van der Waals surface area contributed by atoms with Gasteiger partial charge in [0.25, 0.3) is 0 Å². The largest absolute Gasteiger partial charge is 0.138 e. The van der Waals surface area contributed by atoms with Crippen molar-refractivity contribution in [2.45, 2.75) is 0 Å². The van der Waals surface area contributed by atoms with Crippen LogP contribution in [0.5, 0.6) is 0 Å². The quantitative estimate of drug-likeness (QED) is 0.717. The highest BCUT2D eigenvalue weighted by Gasteiger charge is 2.05. The van der Waals surface area contributed by atoms with Crippen LogP contribution in [-0.2, 0) is 0 Å². The van der Waals surface area contributed by atoms with Crippen molar-refractivity contribution in [2.24, 2.45) is 0 Å². The smallest absolute Gasteiger partial charge is 0.107 e. The van der Waals surface area contributed by atoms with Crippen LogP contribution in [0.2, 0.25) is 5.02 Å². The van der Waals surface area contributed by atoms with Gasteiger partial charge in [0, 0.05) is 4.47 Å². The van der Waals surface area contributed by atoms with Crippen molar-refractivity contribution < 1.29 is 0 Å². The molecule has 0 unspecified atom stereocenters. The molecule has 11 heavy (non-hydrogen) atoms. The fourth-order valence-corrected chi connectivity index (χ4v) is 2.12. The second kappa shape index (κ2) is 2.69. The lowest BCUT2D eigenvalue weighted by Crippen LogP contribution is -1.70. The Kier molecular flexibility index (Phi) is 1.83. The lowest BCUT2D eigenvalue weighted by Gasteiger charge is -1.92. The molecule has 0 spiro atoms. The van der Waals surface area contributed by atoms with E-state index in [9.17, 15) is 0 Å². The van der Waals surface area contributed by atoms with Gasteiger partial charge in [0.15, 0.2) is 0 Å². The lowest BCUT2D eigenvalue weighted by molar-refractivity contribution is 1.20. The van der Waals surface area contributed by atoms with Crippen LogP contribution in [0.4, 0.5) is 0 Å². The first-order valence-electron chi connectivity index (χ1n) is 2.85. The van der Waals surface area contributed by atoms with Gasteiger partial charge in [0.05, 0.1) is 9.72 Å². The Hall–Kier alpha value is -0.190. The fourth-order valence-electron chi connectivity index (χ4n) is 0.793. The lowest BCUT2D eigenvalue weighted by atomic mass is 10.3. The summed E-state index contributed by atoms with van der Waals surface area (Å²) >= 11 is 10.6. The molecule has 5 heteroatoms. The molecule has 2 nitrogen and oxygen atoms in total. The van der Waals surface area contributed by atoms with E-state index in [1.54, 1.807) is 0 Å². The average Bonchev–Trinajstić information content (AvgIpc) is 2.45. The number of rotatable bonds is 0. The van der Waals surface area contributed by atoms with Gasteiger partial charge in [0.2, 0.25) is 0 Å². The van der Waals surface area contributed by atoms with Gasteiger partial charge in [-0.05, 0) is 39.6 Å². The van der Waals surface area contributed by atoms with E-state index in [1.165, 1.54) is 11.5 Å². The predicted molar refractivity (Wildman–Crippen MR) is 50.1 cm³/mol. The molecule has 0 bridgehead atoms. The third-order valence-corrected chi connectivity index (χ3v) is 3.46. The van der Waals surface area contributed by atoms with E-state index in [1.807, 2.05) is 12.1 Å². The highest BCUT2D eigenvalue weighted by atomic mass is 79.9. The molecule has 0 atom stereocenters. The molecule has 0 amide bonds. The van der Waals surface area contributed by atoms with Crippen LogP contribution in [0, 0.1) is 0 Å². The van der Waals surface area contributed by atoms with Crippen molar-refractivity contribution in [3.05, 3.63) is 21.6 Å². The average molecular weight is 250 g/mol. The molecule has 56 valence electrons. The molecule has 0 N–H and O–H groups in total. The molecular weight excluding hydrogens is 248 g/mol. The zero-order valence-electron chi connectivity index (χ0n) is 5.21. The van der Waals surface area contributed by atoms with Gasteiger partial charge >= 0.3 is 0 Å². The van der Waals surface area contributed by atoms with Crippen molar-refractivity contribution >= 4 is 49.3 Å². The van der Waals surface area contributed by atoms with Gasteiger partial charge in [-0.2, -0.15) is 0 Å². The van der Waals surface area contributed by atoms with E-state index in [4.69, 9.17) is 11.6 Å². The van der Waals surface area contributed by atoms with Crippen molar-refractivity contribution in [1.29, 1.82) is 0 Å². The number of aromatic nitrogens is 2. The van der Waals surface area contributed by atoms with E-state index in [2.05, 4.69) is 25.5 Å². The Balaban J connectivity index is 2.93. The van der Waals surface area contributed by atoms with Crippen LogP contribution < -0.4 is 0 Å². The fraction of sp³-hybridized carbons (Fsp3) is 0. The number of hydrogen-bond donors (Lipinski definition) is 0. The van der Waals surface area contributed by atoms with Gasteiger partial charge in [-0.25, -0.2) is 0 Å². The van der Waals surface area contributed by atoms with Gasteiger partial charge in [-0.15, -0.1) is 5.10 Å². The first-order chi connectivity index (χ1) is 5.29. The molecule has 0 aliphatic carbocycles. The maximum Gasteiger partial charge on any atom is 0.107 e. The molecule has 0 aliphatic heterocycles. The van der Waals surface area contributed by atoms with E-state index in [-0.39, 0.29) is 0 Å². The third-order valence-electron chi connectivity index (χ3n) is 1.31. The normalized spacial score (nSPS) is 10.7. The minimum absolute atomic E-state index is 0.692. The van der Waals surface area contributed by atoms with Crippen LogP contribution in [0.1, 0.15) is 0 Å². The molecule has 0 aliphatic rings. The second-order valence-electron chi connectivity index (χ2n) is 1.98. The van der Waals surface area contributed by atoms with Crippen molar-refractivity contribution in [2.75, 3.05) is 0 Å². The first-order valence-corrected chi connectivity index (χ1v) is 4.79. The highest BCUT2D eigenvalue weighted by molar-refractivity contribution is 9.10. The number of nitrogens with zero attached hydrogens (tertiary/aromatic N) is 2. The van der Waals surface area contributed by atoms with Gasteiger partial charge in [-0.3, -0.25) is 0 Å². The molecule has 2 rings (SSSR count).